The lowest BCUT2D eigenvalue weighted by molar-refractivity contribution is 0.102. The lowest BCUT2D eigenvalue weighted by atomic mass is 10.2. The van der Waals surface area contributed by atoms with Crippen LogP contribution in [0.3, 0.4) is 0 Å². The van der Waals surface area contributed by atoms with Gasteiger partial charge in [-0.25, -0.2) is 0 Å². The Balaban J connectivity index is 1.94. The summed E-state index contributed by atoms with van der Waals surface area (Å²) in [7, 11) is 0. The van der Waals surface area contributed by atoms with E-state index < -0.39 is 5.91 Å². The fourth-order valence-corrected chi connectivity index (χ4v) is 2.41. The van der Waals surface area contributed by atoms with E-state index in [1.807, 2.05) is 24.3 Å². The van der Waals surface area contributed by atoms with Crippen molar-refractivity contribution in [2.45, 2.75) is 0 Å². The first-order valence-corrected chi connectivity index (χ1v) is 6.96. The van der Waals surface area contributed by atoms with Gasteiger partial charge in [-0.05, 0) is 52.9 Å². The number of carbonyl (C=O) groups excluding carboxylic acids is 1. The smallest absolute Gasteiger partial charge is 0.260 e. The highest BCUT2D eigenvalue weighted by molar-refractivity contribution is 14.1. The van der Waals surface area contributed by atoms with Gasteiger partial charge in [0.15, 0.2) is 5.82 Å². The standard InChI is InChI=1S/C14H10IN3O2/c15-8-5-6-12(19)10(7-8)14(20)16-13-9-3-1-2-4-11(9)17-18-13/h1-7,19H,(H2,16,17,18,20). The number of hydrogen-bond donors (Lipinski definition) is 3. The van der Waals surface area contributed by atoms with Gasteiger partial charge in [0.2, 0.25) is 0 Å². The summed E-state index contributed by atoms with van der Waals surface area (Å²) in [5.74, 6) is 0.00453. The van der Waals surface area contributed by atoms with Crippen LogP contribution in [-0.4, -0.2) is 21.2 Å². The van der Waals surface area contributed by atoms with Crippen LogP contribution in [0.5, 0.6) is 5.75 Å². The minimum atomic E-state index is -0.390. The zero-order chi connectivity index (χ0) is 14.1. The number of fused-ring (bicyclic) bond motifs is 1. The van der Waals surface area contributed by atoms with Crippen LogP contribution >= 0.6 is 22.6 Å². The van der Waals surface area contributed by atoms with Gasteiger partial charge < -0.3 is 10.4 Å². The Hall–Kier alpha value is -2.09. The Morgan fingerprint density at radius 1 is 1.25 bits per heavy atom. The lowest BCUT2D eigenvalue weighted by Crippen LogP contribution is -2.12. The maximum Gasteiger partial charge on any atom is 0.260 e. The van der Waals surface area contributed by atoms with Crippen LogP contribution < -0.4 is 5.32 Å². The number of amides is 1. The molecule has 0 bridgehead atoms. The Bertz CT molecular complexity index is 798. The molecule has 1 heterocycles. The molecule has 0 fully saturated rings. The van der Waals surface area contributed by atoms with E-state index in [4.69, 9.17) is 0 Å². The number of para-hydroxylation sites is 1. The number of aromatic hydroxyl groups is 1. The van der Waals surface area contributed by atoms with Crippen LogP contribution in [0.1, 0.15) is 10.4 Å². The van der Waals surface area contributed by atoms with Gasteiger partial charge in [0.05, 0.1) is 11.1 Å². The number of rotatable bonds is 2. The second-order valence-corrected chi connectivity index (χ2v) is 5.48. The molecule has 0 aliphatic carbocycles. The number of anilines is 1. The normalized spacial score (nSPS) is 10.7. The quantitative estimate of drug-likeness (QED) is 0.599. The third-order valence-corrected chi connectivity index (χ3v) is 3.58. The fraction of sp³-hybridized carbons (Fsp3) is 0. The number of benzene rings is 2. The van der Waals surface area contributed by atoms with Crippen molar-refractivity contribution in [1.29, 1.82) is 0 Å². The molecule has 0 unspecified atom stereocenters. The van der Waals surface area contributed by atoms with Crippen molar-refractivity contribution in [1.82, 2.24) is 10.2 Å². The Labute approximate surface area is 128 Å². The molecule has 2 aromatic carbocycles. The summed E-state index contributed by atoms with van der Waals surface area (Å²) in [6.45, 7) is 0. The summed E-state index contributed by atoms with van der Waals surface area (Å²) < 4.78 is 0.873. The van der Waals surface area contributed by atoms with Crippen molar-refractivity contribution in [3.63, 3.8) is 0 Å². The minimum absolute atomic E-state index is 0.0530. The third-order valence-electron chi connectivity index (χ3n) is 2.91. The molecule has 3 aromatic rings. The van der Waals surface area contributed by atoms with Gasteiger partial charge in [0.25, 0.3) is 5.91 Å². The molecular weight excluding hydrogens is 369 g/mol. The van der Waals surface area contributed by atoms with Crippen molar-refractivity contribution >= 4 is 45.2 Å². The molecule has 0 aliphatic heterocycles. The van der Waals surface area contributed by atoms with Crippen molar-refractivity contribution in [3.8, 4) is 5.75 Å². The maximum absolute atomic E-state index is 12.2. The van der Waals surface area contributed by atoms with Crippen molar-refractivity contribution in [2.75, 3.05) is 5.32 Å². The number of H-pyrrole nitrogens is 1. The largest absolute Gasteiger partial charge is 0.507 e. The second-order valence-electron chi connectivity index (χ2n) is 4.23. The van der Waals surface area contributed by atoms with Gasteiger partial charge in [0, 0.05) is 8.96 Å². The highest BCUT2D eigenvalue weighted by Crippen LogP contribution is 2.23. The van der Waals surface area contributed by atoms with E-state index >= 15 is 0 Å². The van der Waals surface area contributed by atoms with Crippen molar-refractivity contribution in [2.24, 2.45) is 0 Å². The minimum Gasteiger partial charge on any atom is -0.507 e. The molecule has 1 amide bonds. The number of nitrogens with one attached hydrogen (secondary N) is 2. The Morgan fingerprint density at radius 2 is 2.05 bits per heavy atom. The van der Waals surface area contributed by atoms with Gasteiger partial charge in [-0.15, -0.1) is 0 Å². The second kappa shape index (κ2) is 5.12. The molecule has 100 valence electrons. The summed E-state index contributed by atoms with van der Waals surface area (Å²) in [6.07, 6.45) is 0. The average Bonchev–Trinajstić information content (AvgIpc) is 2.85. The number of aromatic nitrogens is 2. The molecule has 0 radical (unpaired) electrons. The third kappa shape index (κ3) is 2.34. The number of phenolic OH excluding ortho intramolecular Hbond substituents is 1. The topological polar surface area (TPSA) is 78.0 Å². The number of halogens is 1. The summed E-state index contributed by atoms with van der Waals surface area (Å²) >= 11 is 2.09. The molecule has 20 heavy (non-hydrogen) atoms. The Kier molecular flexibility index (Phi) is 3.31. The van der Waals surface area contributed by atoms with Gasteiger partial charge in [0.1, 0.15) is 5.75 Å². The van der Waals surface area contributed by atoms with Gasteiger partial charge in [-0.1, -0.05) is 12.1 Å². The average molecular weight is 379 g/mol. The molecule has 3 rings (SSSR count). The molecule has 5 nitrogen and oxygen atoms in total. The highest BCUT2D eigenvalue weighted by Gasteiger charge is 2.14. The van der Waals surface area contributed by atoms with Crippen LogP contribution in [-0.2, 0) is 0 Å². The first-order valence-electron chi connectivity index (χ1n) is 5.88. The number of aromatic amines is 1. The summed E-state index contributed by atoms with van der Waals surface area (Å²) in [5.41, 5.74) is 1.07. The van der Waals surface area contributed by atoms with Gasteiger partial charge in [-0.2, -0.15) is 5.10 Å². The van der Waals surface area contributed by atoms with Crippen molar-refractivity contribution < 1.29 is 9.90 Å². The van der Waals surface area contributed by atoms with E-state index in [9.17, 15) is 9.90 Å². The molecule has 3 N–H and O–H groups in total. The van der Waals surface area contributed by atoms with Crippen molar-refractivity contribution in [3.05, 3.63) is 51.6 Å². The summed E-state index contributed by atoms with van der Waals surface area (Å²) in [4.78, 5) is 12.2. The maximum atomic E-state index is 12.2. The van der Waals surface area contributed by atoms with E-state index in [0.29, 0.717) is 5.82 Å². The molecule has 1 aromatic heterocycles. The van der Waals surface area contributed by atoms with E-state index in [2.05, 4.69) is 38.1 Å². The Morgan fingerprint density at radius 3 is 2.90 bits per heavy atom. The van der Waals surface area contributed by atoms with E-state index in [1.54, 1.807) is 12.1 Å². The number of hydrogen-bond acceptors (Lipinski definition) is 3. The summed E-state index contributed by atoms with van der Waals surface area (Å²) in [6, 6.07) is 12.4. The SMILES string of the molecule is O=C(Nc1n[nH]c2ccccc12)c1cc(I)ccc1O. The molecule has 0 atom stereocenters. The monoisotopic (exact) mass is 379 g/mol. The first kappa shape index (κ1) is 12.9. The fourth-order valence-electron chi connectivity index (χ4n) is 1.92. The number of nitrogens with zero attached hydrogens (tertiary/aromatic N) is 1. The number of phenols is 1. The predicted molar refractivity (Wildman–Crippen MR) is 84.9 cm³/mol. The van der Waals surface area contributed by atoms with E-state index in [-0.39, 0.29) is 11.3 Å². The van der Waals surface area contributed by atoms with Crippen LogP contribution in [0.25, 0.3) is 10.9 Å². The zero-order valence-corrected chi connectivity index (χ0v) is 12.4. The molecule has 0 aliphatic rings. The van der Waals surface area contributed by atoms with Crippen LogP contribution in [0.15, 0.2) is 42.5 Å². The molecule has 0 saturated carbocycles. The van der Waals surface area contributed by atoms with Crippen LogP contribution in [0.4, 0.5) is 5.82 Å². The van der Waals surface area contributed by atoms with Gasteiger partial charge >= 0.3 is 0 Å². The lowest BCUT2D eigenvalue weighted by Gasteiger charge is -2.05. The van der Waals surface area contributed by atoms with Crippen LogP contribution in [0, 0.1) is 3.57 Å². The van der Waals surface area contributed by atoms with Gasteiger partial charge in [-0.3, -0.25) is 9.89 Å². The van der Waals surface area contributed by atoms with E-state index in [0.717, 1.165) is 14.5 Å². The number of carbonyl (C=O) groups is 1. The molecule has 0 spiro atoms. The molecule has 0 saturated heterocycles. The zero-order valence-electron chi connectivity index (χ0n) is 10.2. The first-order chi connectivity index (χ1) is 9.65. The summed E-state index contributed by atoms with van der Waals surface area (Å²) in [5, 5.41) is 20.2. The highest BCUT2D eigenvalue weighted by atomic mass is 127. The predicted octanol–water partition coefficient (Wildman–Crippen LogP) is 3.13. The van der Waals surface area contributed by atoms with E-state index in [1.165, 1.54) is 6.07 Å². The molecule has 6 heteroatoms. The van der Waals surface area contributed by atoms with Crippen LogP contribution in [0.2, 0.25) is 0 Å². The molecular formula is C14H10IN3O2.